The van der Waals surface area contributed by atoms with Crippen LogP contribution in [0, 0.1) is 13.8 Å². The van der Waals surface area contributed by atoms with E-state index in [4.69, 9.17) is 10.2 Å². The first-order valence-electron chi connectivity index (χ1n) is 7.25. The number of carboxylic acid groups (broad SMARTS) is 1. The van der Waals surface area contributed by atoms with Gasteiger partial charge in [0.2, 0.25) is 10.0 Å². The van der Waals surface area contributed by atoms with E-state index in [0.717, 1.165) is 6.42 Å². The van der Waals surface area contributed by atoms with Gasteiger partial charge in [-0.25, -0.2) is 18.4 Å². The van der Waals surface area contributed by atoms with Crippen LogP contribution in [0.4, 0.5) is 0 Å². The summed E-state index contributed by atoms with van der Waals surface area (Å²) < 4.78 is 23.2. The number of carbonyl (C=O) groups is 2. The predicted molar refractivity (Wildman–Crippen MR) is 85.7 cm³/mol. The number of sulfonamides is 1. The molecule has 1 atom stereocenters. The summed E-state index contributed by atoms with van der Waals surface area (Å²) >= 11 is 0. The standard InChI is InChI=1S/C15H22N2O5S/c1-4-5-6-12(15(19)20)17-14(18)11-7-9(2)10(3)13(8-11)23(16,21)22/h7-8,12H,4-6H2,1-3H3,(H,17,18)(H,19,20)(H2,16,21,22)/t12-/m0/s1. The third-order valence-electron chi connectivity index (χ3n) is 3.64. The quantitative estimate of drug-likeness (QED) is 0.689. The molecule has 0 fully saturated rings. The topological polar surface area (TPSA) is 127 Å². The van der Waals surface area contributed by atoms with E-state index in [9.17, 15) is 18.0 Å². The zero-order valence-electron chi connectivity index (χ0n) is 13.4. The highest BCUT2D eigenvalue weighted by Crippen LogP contribution is 2.20. The summed E-state index contributed by atoms with van der Waals surface area (Å²) in [5, 5.41) is 16.7. The summed E-state index contributed by atoms with van der Waals surface area (Å²) in [5.74, 6) is -1.76. The van der Waals surface area contributed by atoms with Crippen molar-refractivity contribution in [1.29, 1.82) is 0 Å². The summed E-state index contributed by atoms with van der Waals surface area (Å²) in [5.41, 5.74) is 1.12. The highest BCUT2D eigenvalue weighted by molar-refractivity contribution is 7.89. The van der Waals surface area contributed by atoms with Crippen molar-refractivity contribution < 1.29 is 23.1 Å². The van der Waals surface area contributed by atoms with Gasteiger partial charge in [0.1, 0.15) is 6.04 Å². The van der Waals surface area contributed by atoms with Gasteiger partial charge in [-0.05, 0) is 43.5 Å². The van der Waals surface area contributed by atoms with Gasteiger partial charge in [0.15, 0.2) is 0 Å². The second-order valence-corrected chi connectivity index (χ2v) is 7.00. The first-order chi connectivity index (χ1) is 10.6. The first kappa shape index (κ1) is 19.1. The number of carboxylic acids is 1. The molecule has 0 aliphatic heterocycles. The Labute approximate surface area is 135 Å². The number of unbranched alkanes of at least 4 members (excludes halogenated alkanes) is 1. The Bertz CT molecular complexity index is 713. The zero-order valence-corrected chi connectivity index (χ0v) is 14.2. The molecule has 4 N–H and O–H groups in total. The fraction of sp³-hybridized carbons (Fsp3) is 0.467. The SMILES string of the molecule is CCCC[C@H](NC(=O)c1cc(C)c(C)c(S(N)(=O)=O)c1)C(=O)O. The Morgan fingerprint density at radius 2 is 1.91 bits per heavy atom. The Morgan fingerprint density at radius 3 is 2.39 bits per heavy atom. The van der Waals surface area contributed by atoms with E-state index in [1.807, 2.05) is 6.92 Å². The lowest BCUT2D eigenvalue weighted by Gasteiger charge is -2.15. The molecule has 0 radical (unpaired) electrons. The fourth-order valence-corrected chi connectivity index (χ4v) is 3.04. The van der Waals surface area contributed by atoms with Crippen LogP contribution in [0.1, 0.15) is 47.7 Å². The maximum absolute atomic E-state index is 12.3. The third kappa shape index (κ3) is 5.04. The summed E-state index contributed by atoms with van der Waals surface area (Å²) in [6.45, 7) is 5.17. The number of rotatable bonds is 7. The Balaban J connectivity index is 3.13. The number of carbonyl (C=O) groups excluding carboxylic acids is 1. The maximum Gasteiger partial charge on any atom is 0.326 e. The Morgan fingerprint density at radius 1 is 1.30 bits per heavy atom. The minimum Gasteiger partial charge on any atom is -0.480 e. The maximum atomic E-state index is 12.3. The van der Waals surface area contributed by atoms with E-state index in [-0.39, 0.29) is 10.5 Å². The molecule has 0 aromatic heterocycles. The molecule has 0 spiro atoms. The molecule has 0 aliphatic carbocycles. The van der Waals surface area contributed by atoms with Gasteiger partial charge in [0.05, 0.1) is 4.90 Å². The van der Waals surface area contributed by atoms with Gasteiger partial charge >= 0.3 is 5.97 Å². The number of nitrogens with one attached hydrogen (secondary N) is 1. The van der Waals surface area contributed by atoms with Crippen LogP contribution < -0.4 is 10.5 Å². The van der Waals surface area contributed by atoms with E-state index >= 15 is 0 Å². The normalized spacial score (nSPS) is 12.7. The van der Waals surface area contributed by atoms with Gasteiger partial charge in [0, 0.05) is 5.56 Å². The molecule has 0 heterocycles. The van der Waals surface area contributed by atoms with E-state index in [1.54, 1.807) is 13.8 Å². The second kappa shape index (κ2) is 7.56. The number of hydrogen-bond acceptors (Lipinski definition) is 4. The highest BCUT2D eigenvalue weighted by Gasteiger charge is 2.22. The minimum absolute atomic E-state index is 0.0693. The minimum atomic E-state index is -3.97. The van der Waals surface area contributed by atoms with Crippen molar-refractivity contribution in [2.24, 2.45) is 5.14 Å². The lowest BCUT2D eigenvalue weighted by atomic mass is 10.0. The number of aliphatic carboxylic acids is 1. The summed E-state index contributed by atoms with van der Waals surface area (Å²) in [7, 11) is -3.97. The smallest absolute Gasteiger partial charge is 0.326 e. The summed E-state index contributed by atoms with van der Waals surface area (Å²) in [6, 6.07) is 1.67. The number of benzene rings is 1. The number of aryl methyl sites for hydroxylation is 1. The van der Waals surface area contributed by atoms with Crippen molar-refractivity contribution in [3.63, 3.8) is 0 Å². The number of hydrogen-bond donors (Lipinski definition) is 3. The molecule has 0 aliphatic rings. The number of primary sulfonamides is 1. The van der Waals surface area contributed by atoms with E-state index < -0.39 is 27.9 Å². The molecule has 0 saturated heterocycles. The van der Waals surface area contributed by atoms with Gasteiger partial charge in [-0.15, -0.1) is 0 Å². The molecule has 8 heteroatoms. The van der Waals surface area contributed by atoms with Crippen LogP contribution in [-0.4, -0.2) is 31.4 Å². The van der Waals surface area contributed by atoms with Crippen LogP contribution in [0.15, 0.2) is 17.0 Å². The molecule has 0 unspecified atom stereocenters. The first-order valence-corrected chi connectivity index (χ1v) is 8.80. The van der Waals surface area contributed by atoms with E-state index in [2.05, 4.69) is 5.32 Å². The Kier molecular flexibility index (Phi) is 6.28. The van der Waals surface area contributed by atoms with Crippen molar-refractivity contribution in [3.8, 4) is 0 Å². The third-order valence-corrected chi connectivity index (χ3v) is 4.68. The van der Waals surface area contributed by atoms with Crippen LogP contribution in [0.25, 0.3) is 0 Å². The van der Waals surface area contributed by atoms with Crippen molar-refractivity contribution in [3.05, 3.63) is 28.8 Å². The predicted octanol–water partition coefficient (Wildman–Crippen LogP) is 1.32. The molecule has 1 rings (SSSR count). The van der Waals surface area contributed by atoms with Crippen molar-refractivity contribution in [2.75, 3.05) is 0 Å². The van der Waals surface area contributed by atoms with Crippen LogP contribution >= 0.6 is 0 Å². The van der Waals surface area contributed by atoms with Crippen LogP contribution in [-0.2, 0) is 14.8 Å². The monoisotopic (exact) mass is 342 g/mol. The molecular formula is C15H22N2O5S. The second-order valence-electron chi connectivity index (χ2n) is 5.47. The van der Waals surface area contributed by atoms with E-state index in [1.165, 1.54) is 12.1 Å². The molecule has 1 aromatic carbocycles. The average molecular weight is 342 g/mol. The molecule has 23 heavy (non-hydrogen) atoms. The molecule has 7 nitrogen and oxygen atoms in total. The van der Waals surface area contributed by atoms with Gasteiger partial charge in [-0.3, -0.25) is 4.79 Å². The fourth-order valence-electron chi connectivity index (χ4n) is 2.16. The molecular weight excluding hydrogens is 320 g/mol. The molecule has 1 amide bonds. The van der Waals surface area contributed by atoms with Crippen LogP contribution in [0.2, 0.25) is 0 Å². The van der Waals surface area contributed by atoms with Gasteiger partial charge in [0.25, 0.3) is 5.91 Å². The van der Waals surface area contributed by atoms with Crippen LogP contribution in [0.5, 0.6) is 0 Å². The van der Waals surface area contributed by atoms with Gasteiger partial charge < -0.3 is 10.4 Å². The average Bonchev–Trinajstić information content (AvgIpc) is 2.44. The largest absolute Gasteiger partial charge is 0.480 e. The Hall–Kier alpha value is -1.93. The lowest BCUT2D eigenvalue weighted by molar-refractivity contribution is -0.139. The van der Waals surface area contributed by atoms with Crippen LogP contribution in [0.3, 0.4) is 0 Å². The number of nitrogens with two attached hydrogens (primary N) is 1. The highest BCUT2D eigenvalue weighted by atomic mass is 32.2. The molecule has 128 valence electrons. The van der Waals surface area contributed by atoms with Gasteiger partial charge in [-0.1, -0.05) is 19.8 Å². The summed E-state index contributed by atoms with van der Waals surface area (Å²) in [6.07, 6.45) is 1.77. The zero-order chi connectivity index (χ0) is 17.8. The molecule has 0 saturated carbocycles. The molecule has 1 aromatic rings. The lowest BCUT2D eigenvalue weighted by Crippen LogP contribution is -2.40. The van der Waals surface area contributed by atoms with E-state index in [0.29, 0.717) is 24.0 Å². The van der Waals surface area contributed by atoms with Gasteiger partial charge in [-0.2, -0.15) is 0 Å². The van der Waals surface area contributed by atoms with Crippen molar-refractivity contribution >= 4 is 21.9 Å². The summed E-state index contributed by atoms with van der Waals surface area (Å²) in [4.78, 5) is 23.3. The molecule has 0 bridgehead atoms. The van der Waals surface area contributed by atoms with Crippen molar-refractivity contribution in [1.82, 2.24) is 5.32 Å². The van der Waals surface area contributed by atoms with Crippen molar-refractivity contribution in [2.45, 2.75) is 51.0 Å². The number of amides is 1.